The highest BCUT2D eigenvalue weighted by atomic mass is 79.9. The molecule has 0 radical (unpaired) electrons. The molecule has 0 aliphatic carbocycles. The molecule has 172 valence electrons. The maximum Gasteiger partial charge on any atom is 0.260 e. The van der Waals surface area contributed by atoms with Gasteiger partial charge in [-0.3, -0.25) is 9.69 Å². The third kappa shape index (κ3) is 4.86. The molecular weight excluding hydrogens is 488 g/mol. The zero-order valence-electron chi connectivity index (χ0n) is 18.9. The summed E-state index contributed by atoms with van der Waals surface area (Å²) in [6.07, 6.45) is 0. The van der Waals surface area contributed by atoms with Crippen LogP contribution in [0.3, 0.4) is 0 Å². The Morgan fingerprint density at radius 3 is 2.00 bits per heavy atom. The molecule has 5 heteroatoms. The molecule has 1 aliphatic rings. The predicted molar refractivity (Wildman–Crippen MR) is 140 cm³/mol. The zero-order valence-corrected chi connectivity index (χ0v) is 20.5. The second kappa shape index (κ2) is 10.4. The van der Waals surface area contributed by atoms with Crippen LogP contribution in [0.25, 0.3) is 10.8 Å². The van der Waals surface area contributed by atoms with Crippen LogP contribution < -0.4 is 4.74 Å². The van der Waals surface area contributed by atoms with Crippen molar-refractivity contribution in [2.75, 3.05) is 32.8 Å². The lowest BCUT2D eigenvalue weighted by Crippen LogP contribution is -2.51. The molecule has 1 saturated heterocycles. The van der Waals surface area contributed by atoms with E-state index in [9.17, 15) is 4.79 Å². The minimum absolute atomic E-state index is 0.0238. The number of nitrogens with zero attached hydrogens (tertiary/aromatic N) is 2. The van der Waals surface area contributed by atoms with E-state index in [2.05, 4.69) is 87.6 Å². The van der Waals surface area contributed by atoms with Gasteiger partial charge in [0.15, 0.2) is 6.61 Å². The Labute approximate surface area is 208 Å². The Balaban J connectivity index is 1.23. The third-order valence-electron chi connectivity index (χ3n) is 6.44. The van der Waals surface area contributed by atoms with E-state index in [1.807, 2.05) is 35.2 Å². The Morgan fingerprint density at radius 2 is 1.35 bits per heavy atom. The van der Waals surface area contributed by atoms with E-state index in [4.69, 9.17) is 4.74 Å². The van der Waals surface area contributed by atoms with Gasteiger partial charge in [0.2, 0.25) is 0 Å². The highest BCUT2D eigenvalue weighted by Crippen LogP contribution is 2.33. The zero-order chi connectivity index (χ0) is 23.3. The van der Waals surface area contributed by atoms with Crippen LogP contribution in [0.1, 0.15) is 17.2 Å². The van der Waals surface area contributed by atoms with Crippen molar-refractivity contribution in [3.05, 3.63) is 113 Å². The van der Waals surface area contributed by atoms with Crippen LogP contribution in [-0.2, 0) is 4.79 Å². The second-order valence-corrected chi connectivity index (χ2v) is 9.32. The molecule has 4 nitrogen and oxygen atoms in total. The number of rotatable bonds is 6. The van der Waals surface area contributed by atoms with Gasteiger partial charge >= 0.3 is 0 Å². The summed E-state index contributed by atoms with van der Waals surface area (Å²) in [6, 6.07) is 33.4. The summed E-state index contributed by atoms with van der Waals surface area (Å²) in [5, 5.41) is 2.21. The largest absolute Gasteiger partial charge is 0.483 e. The van der Waals surface area contributed by atoms with Crippen molar-refractivity contribution < 1.29 is 9.53 Å². The third-order valence-corrected chi connectivity index (χ3v) is 7.26. The number of ether oxygens (including phenoxy) is 1. The molecule has 0 unspecified atom stereocenters. The quantitative estimate of drug-likeness (QED) is 0.320. The average Bonchev–Trinajstić information content (AvgIpc) is 2.90. The Bertz CT molecular complexity index is 1220. The number of carbonyl (C=O) groups is 1. The lowest BCUT2D eigenvalue weighted by Gasteiger charge is -2.39. The summed E-state index contributed by atoms with van der Waals surface area (Å²) < 4.78 is 6.81. The van der Waals surface area contributed by atoms with Crippen molar-refractivity contribution >= 4 is 32.6 Å². The van der Waals surface area contributed by atoms with Crippen LogP contribution in [0.4, 0.5) is 0 Å². The summed E-state index contributed by atoms with van der Waals surface area (Å²) in [5.74, 6) is 0.717. The van der Waals surface area contributed by atoms with Crippen molar-refractivity contribution in [1.82, 2.24) is 9.80 Å². The molecule has 0 atom stereocenters. The van der Waals surface area contributed by atoms with E-state index in [-0.39, 0.29) is 18.6 Å². The van der Waals surface area contributed by atoms with Gasteiger partial charge in [-0.15, -0.1) is 0 Å². The molecule has 0 saturated carbocycles. The predicted octanol–water partition coefficient (Wildman–Crippen LogP) is 5.91. The van der Waals surface area contributed by atoms with E-state index >= 15 is 0 Å². The van der Waals surface area contributed by atoms with Crippen LogP contribution >= 0.6 is 15.9 Å². The first-order valence-electron chi connectivity index (χ1n) is 11.6. The minimum atomic E-state index is 0.0238. The number of fused-ring (bicyclic) bond motifs is 1. The van der Waals surface area contributed by atoms with E-state index in [0.29, 0.717) is 18.8 Å². The van der Waals surface area contributed by atoms with E-state index in [1.165, 1.54) is 11.1 Å². The molecule has 0 aromatic heterocycles. The molecule has 4 aromatic rings. The molecule has 4 aromatic carbocycles. The maximum absolute atomic E-state index is 12.9. The monoisotopic (exact) mass is 514 g/mol. The maximum atomic E-state index is 12.9. The second-order valence-electron chi connectivity index (χ2n) is 8.53. The number of benzene rings is 4. The number of amides is 1. The number of hydrogen-bond acceptors (Lipinski definition) is 3. The van der Waals surface area contributed by atoms with Gasteiger partial charge in [-0.2, -0.15) is 0 Å². The summed E-state index contributed by atoms with van der Waals surface area (Å²) in [4.78, 5) is 17.3. The fourth-order valence-electron chi connectivity index (χ4n) is 4.67. The minimum Gasteiger partial charge on any atom is -0.483 e. The molecule has 1 heterocycles. The molecule has 0 N–H and O–H groups in total. The molecule has 0 spiro atoms. The van der Waals surface area contributed by atoms with Gasteiger partial charge < -0.3 is 9.64 Å². The van der Waals surface area contributed by atoms with Crippen molar-refractivity contribution in [2.45, 2.75) is 6.04 Å². The van der Waals surface area contributed by atoms with E-state index < -0.39 is 0 Å². The van der Waals surface area contributed by atoms with Crippen molar-refractivity contribution in [3.8, 4) is 5.75 Å². The number of piperazine rings is 1. The fourth-order valence-corrected chi connectivity index (χ4v) is 5.28. The molecule has 1 fully saturated rings. The molecule has 1 aliphatic heterocycles. The number of carbonyl (C=O) groups excluding carboxylic acids is 1. The Hall–Kier alpha value is -3.15. The van der Waals surface area contributed by atoms with Gasteiger partial charge in [0.05, 0.1) is 10.5 Å². The van der Waals surface area contributed by atoms with Gasteiger partial charge in [0, 0.05) is 26.2 Å². The van der Waals surface area contributed by atoms with Crippen molar-refractivity contribution in [2.24, 2.45) is 0 Å². The summed E-state index contributed by atoms with van der Waals surface area (Å²) in [5.41, 5.74) is 2.55. The lowest BCUT2D eigenvalue weighted by molar-refractivity contribution is -0.135. The van der Waals surface area contributed by atoms with Crippen LogP contribution in [0.2, 0.25) is 0 Å². The summed E-state index contributed by atoms with van der Waals surface area (Å²) in [7, 11) is 0. The highest BCUT2D eigenvalue weighted by molar-refractivity contribution is 9.10. The fraction of sp³-hybridized carbons (Fsp3) is 0.207. The van der Waals surface area contributed by atoms with Gasteiger partial charge in [-0.25, -0.2) is 0 Å². The highest BCUT2D eigenvalue weighted by Gasteiger charge is 2.28. The average molecular weight is 515 g/mol. The molecule has 0 bridgehead atoms. The first-order chi connectivity index (χ1) is 16.7. The van der Waals surface area contributed by atoms with Gasteiger partial charge in [0.25, 0.3) is 5.91 Å². The SMILES string of the molecule is O=C(COc1ccc2ccccc2c1Br)N1CCN(C(c2ccccc2)c2ccccc2)CC1. The Morgan fingerprint density at radius 1 is 0.765 bits per heavy atom. The summed E-state index contributed by atoms with van der Waals surface area (Å²) in [6.45, 7) is 3.06. The summed E-state index contributed by atoms with van der Waals surface area (Å²) >= 11 is 3.64. The van der Waals surface area contributed by atoms with Crippen molar-refractivity contribution in [3.63, 3.8) is 0 Å². The smallest absolute Gasteiger partial charge is 0.260 e. The van der Waals surface area contributed by atoms with Crippen LogP contribution in [-0.4, -0.2) is 48.5 Å². The first kappa shape index (κ1) is 22.6. The topological polar surface area (TPSA) is 32.8 Å². The number of halogens is 1. The van der Waals surface area contributed by atoms with Crippen LogP contribution in [0, 0.1) is 0 Å². The number of hydrogen-bond donors (Lipinski definition) is 0. The molecule has 34 heavy (non-hydrogen) atoms. The van der Waals surface area contributed by atoms with E-state index in [1.54, 1.807) is 0 Å². The van der Waals surface area contributed by atoms with Gasteiger partial charge in [0.1, 0.15) is 5.75 Å². The Kier molecular flexibility index (Phi) is 6.93. The van der Waals surface area contributed by atoms with Crippen LogP contribution in [0.15, 0.2) is 102 Å². The molecule has 5 rings (SSSR count). The first-order valence-corrected chi connectivity index (χ1v) is 12.4. The van der Waals surface area contributed by atoms with Crippen LogP contribution in [0.5, 0.6) is 5.75 Å². The molecule has 1 amide bonds. The molecular formula is C29H27BrN2O2. The normalized spacial score (nSPS) is 14.5. The lowest BCUT2D eigenvalue weighted by atomic mass is 9.96. The van der Waals surface area contributed by atoms with Gasteiger partial charge in [-0.1, -0.05) is 91.0 Å². The van der Waals surface area contributed by atoms with Crippen molar-refractivity contribution in [1.29, 1.82) is 0 Å². The standard InChI is InChI=1S/C29H27BrN2O2/c30-28-25-14-8-7-9-22(25)15-16-26(28)34-21-27(33)31-17-19-32(20-18-31)29(23-10-3-1-4-11-23)24-12-5-2-6-13-24/h1-16,29H,17-21H2. The van der Waals surface area contributed by atoms with Gasteiger partial charge in [-0.05, 0) is 43.9 Å². The van der Waals surface area contributed by atoms with E-state index in [0.717, 1.165) is 28.3 Å².